The fraction of sp³-hybridized carbons (Fsp3) is 0.838. The van der Waals surface area contributed by atoms with Crippen LogP contribution in [0.25, 0.3) is 0 Å². The van der Waals surface area contributed by atoms with Crippen molar-refractivity contribution in [1.82, 2.24) is 0 Å². The van der Waals surface area contributed by atoms with Crippen molar-refractivity contribution in [2.45, 2.75) is 409 Å². The zero-order valence-electron chi connectivity index (χ0n) is 55.0. The maximum absolute atomic E-state index is 11.1. The molecule has 0 atom stereocenters. The van der Waals surface area contributed by atoms with Gasteiger partial charge in [-0.05, 0) is 61.1 Å². The van der Waals surface area contributed by atoms with Crippen LogP contribution in [0.1, 0.15) is 397 Å². The first kappa shape index (κ1) is 82.5. The average molecular weight is 1220 g/mol. The molecule has 6 nitrogen and oxygen atoms in total. The molecule has 0 saturated carbocycles. The molecular formula is C74H134CaO6S2. The minimum Gasteiger partial charge on any atom is -0.744 e. The molecule has 0 aliphatic rings. The van der Waals surface area contributed by atoms with Gasteiger partial charge in [0.05, 0.1) is 9.79 Å². The SMILES string of the molecule is CCCCCCCCCCCCCCCCCCCCCCCCCCCCCCCc1cccc(S(=O)(=O)[O-])c1.CCCCCCCCCCCCCCCCCCCCCCCCCCCCCCCc1cccc(S(=O)(=O)[O-])c1.[Ca+2]. The predicted molar refractivity (Wildman–Crippen MR) is 361 cm³/mol. The molecule has 0 amide bonds. The van der Waals surface area contributed by atoms with E-state index in [9.17, 15) is 25.9 Å². The fourth-order valence-corrected chi connectivity index (χ4v) is 13.1. The number of benzene rings is 2. The van der Waals surface area contributed by atoms with Crippen LogP contribution in [0.3, 0.4) is 0 Å². The van der Waals surface area contributed by atoms with Gasteiger partial charge in [0.1, 0.15) is 20.2 Å². The molecular weight excluding hydrogens is 1090 g/mol. The van der Waals surface area contributed by atoms with E-state index in [1.54, 1.807) is 12.1 Å². The van der Waals surface area contributed by atoms with Crippen molar-refractivity contribution >= 4 is 58.0 Å². The van der Waals surface area contributed by atoms with Crippen molar-refractivity contribution in [3.63, 3.8) is 0 Å². The topological polar surface area (TPSA) is 114 Å². The van der Waals surface area contributed by atoms with Crippen LogP contribution < -0.4 is 0 Å². The minimum atomic E-state index is -4.35. The van der Waals surface area contributed by atoms with Crippen LogP contribution in [0, 0.1) is 0 Å². The van der Waals surface area contributed by atoms with Crippen molar-refractivity contribution in [1.29, 1.82) is 0 Å². The van der Waals surface area contributed by atoms with Gasteiger partial charge in [-0.15, -0.1) is 0 Å². The maximum Gasteiger partial charge on any atom is 2.00 e. The Balaban J connectivity index is 0.00000160. The normalized spacial score (nSPS) is 11.7. The van der Waals surface area contributed by atoms with E-state index in [4.69, 9.17) is 0 Å². The Bertz CT molecular complexity index is 1720. The number of hydrogen-bond acceptors (Lipinski definition) is 6. The van der Waals surface area contributed by atoms with E-state index in [1.165, 1.54) is 384 Å². The second kappa shape index (κ2) is 63.1. The summed E-state index contributed by atoms with van der Waals surface area (Å²) in [5.41, 5.74) is 1.90. The van der Waals surface area contributed by atoms with Gasteiger partial charge < -0.3 is 9.11 Å². The molecule has 2 rings (SSSR count). The van der Waals surface area contributed by atoms with E-state index in [-0.39, 0.29) is 47.5 Å². The third kappa shape index (κ3) is 58.9. The molecule has 0 saturated heterocycles. The smallest absolute Gasteiger partial charge is 0.744 e. The summed E-state index contributed by atoms with van der Waals surface area (Å²) in [6, 6.07) is 13.0. The van der Waals surface area contributed by atoms with E-state index >= 15 is 0 Å². The molecule has 2 aromatic rings. The van der Waals surface area contributed by atoms with Crippen LogP contribution in [0.2, 0.25) is 0 Å². The number of hydrogen-bond donors (Lipinski definition) is 0. The van der Waals surface area contributed by atoms with Crippen LogP contribution >= 0.6 is 0 Å². The molecule has 9 heteroatoms. The van der Waals surface area contributed by atoms with Crippen LogP contribution in [-0.2, 0) is 33.1 Å². The first-order valence-corrected chi connectivity index (χ1v) is 39.0. The summed E-state index contributed by atoms with van der Waals surface area (Å²) >= 11 is 0. The first-order valence-electron chi connectivity index (χ1n) is 36.2. The molecule has 0 spiro atoms. The zero-order chi connectivity index (χ0) is 59.4. The van der Waals surface area contributed by atoms with Gasteiger partial charge in [-0.1, -0.05) is 398 Å². The Labute approximate surface area is 547 Å². The molecule has 0 aliphatic carbocycles. The monoisotopic (exact) mass is 1220 g/mol. The van der Waals surface area contributed by atoms with E-state index in [0.717, 1.165) is 36.8 Å². The minimum absolute atomic E-state index is 0. The summed E-state index contributed by atoms with van der Waals surface area (Å²) in [6.45, 7) is 4.59. The Hall–Kier alpha value is -0.480. The van der Waals surface area contributed by atoms with Gasteiger partial charge in [0.15, 0.2) is 0 Å². The third-order valence-corrected chi connectivity index (χ3v) is 19.2. The van der Waals surface area contributed by atoms with E-state index < -0.39 is 20.2 Å². The van der Waals surface area contributed by atoms with Gasteiger partial charge in [0, 0.05) is 0 Å². The summed E-state index contributed by atoms with van der Waals surface area (Å²) in [6.07, 6.45) is 83.1. The van der Waals surface area contributed by atoms with Gasteiger partial charge in [-0.25, -0.2) is 16.8 Å². The summed E-state index contributed by atoms with van der Waals surface area (Å²) in [4.78, 5) is -0.212. The van der Waals surface area contributed by atoms with Gasteiger partial charge in [0.2, 0.25) is 0 Å². The third-order valence-electron chi connectivity index (χ3n) is 17.5. The van der Waals surface area contributed by atoms with Gasteiger partial charge in [-0.3, -0.25) is 0 Å². The van der Waals surface area contributed by atoms with Crippen LogP contribution in [0.5, 0.6) is 0 Å². The average Bonchev–Trinajstić information content (AvgIpc) is 3.47. The van der Waals surface area contributed by atoms with Crippen LogP contribution in [0.15, 0.2) is 58.3 Å². The molecule has 0 aromatic heterocycles. The zero-order valence-corrected chi connectivity index (χ0v) is 58.9. The van der Waals surface area contributed by atoms with Crippen molar-refractivity contribution in [3.05, 3.63) is 59.7 Å². The number of unbranched alkanes of at least 4 members (excludes halogenated alkanes) is 56. The van der Waals surface area contributed by atoms with Crippen molar-refractivity contribution < 1.29 is 25.9 Å². The summed E-state index contributed by atoms with van der Waals surface area (Å²) in [5, 5.41) is 0. The molecule has 0 fully saturated rings. The molecule has 0 N–H and O–H groups in total. The van der Waals surface area contributed by atoms with Crippen molar-refractivity contribution in [3.8, 4) is 0 Å². The Morgan fingerprint density at radius 2 is 0.386 bits per heavy atom. The second-order valence-electron chi connectivity index (χ2n) is 25.5. The summed E-state index contributed by atoms with van der Waals surface area (Å²) in [5.74, 6) is 0. The van der Waals surface area contributed by atoms with Gasteiger partial charge in [-0.2, -0.15) is 0 Å². The predicted octanol–water partition coefficient (Wildman–Crippen LogP) is 24.6. The molecule has 0 aliphatic heterocycles. The molecule has 0 radical (unpaired) electrons. The number of aryl methyl sites for hydroxylation is 2. The van der Waals surface area contributed by atoms with Gasteiger partial charge in [0.25, 0.3) is 0 Å². The maximum atomic E-state index is 11.1. The van der Waals surface area contributed by atoms with Crippen molar-refractivity contribution in [2.75, 3.05) is 0 Å². The number of rotatable bonds is 62. The summed E-state index contributed by atoms with van der Waals surface area (Å²) in [7, 11) is -8.69. The van der Waals surface area contributed by atoms with Crippen molar-refractivity contribution in [2.24, 2.45) is 0 Å². The molecule has 0 bridgehead atoms. The van der Waals surface area contributed by atoms with Crippen LogP contribution in [-0.4, -0.2) is 63.7 Å². The Kier molecular flexibility index (Phi) is 62.7. The van der Waals surface area contributed by atoms with E-state index in [2.05, 4.69) is 13.8 Å². The van der Waals surface area contributed by atoms with Crippen LogP contribution in [0.4, 0.5) is 0 Å². The molecule has 0 unspecified atom stereocenters. The largest absolute Gasteiger partial charge is 2.00 e. The molecule has 83 heavy (non-hydrogen) atoms. The standard InChI is InChI=1S/2C37H68O3S.Ca/c2*1-2-3-4-5-6-7-8-9-10-11-12-13-14-15-16-17-18-19-20-21-22-23-24-25-26-27-28-29-30-32-36-33-31-34-37(35-36)41(38,39)40;/h2*31,33-35H,2-30,32H2,1H3,(H,38,39,40);/q;;+2/p-2. The van der Waals surface area contributed by atoms with E-state index in [0.29, 0.717) is 0 Å². The molecule has 0 heterocycles. The van der Waals surface area contributed by atoms with Gasteiger partial charge >= 0.3 is 37.7 Å². The van der Waals surface area contributed by atoms with E-state index in [1.807, 2.05) is 12.1 Å². The Morgan fingerprint density at radius 1 is 0.241 bits per heavy atom. The molecule has 480 valence electrons. The Morgan fingerprint density at radius 3 is 0.530 bits per heavy atom. The summed E-state index contributed by atoms with van der Waals surface area (Å²) < 4.78 is 66.8. The second-order valence-corrected chi connectivity index (χ2v) is 28.3. The fourth-order valence-electron chi connectivity index (χ4n) is 12.1. The first-order chi connectivity index (χ1) is 40.1. The molecule has 2 aromatic carbocycles. The quantitative estimate of drug-likeness (QED) is 0.0370.